The van der Waals surface area contributed by atoms with Crippen molar-refractivity contribution in [2.24, 2.45) is 4.99 Å². The number of nitrogens with one attached hydrogen (secondary N) is 2. The first-order valence-corrected chi connectivity index (χ1v) is 9.61. The van der Waals surface area contributed by atoms with Crippen LogP contribution in [0.3, 0.4) is 0 Å². The Kier molecular flexibility index (Phi) is 5.74. The van der Waals surface area contributed by atoms with Gasteiger partial charge < -0.3 is 10.6 Å². The van der Waals surface area contributed by atoms with Crippen LogP contribution in [0.5, 0.6) is 0 Å². The molecule has 3 rings (SSSR count). The van der Waals surface area contributed by atoms with Gasteiger partial charge in [-0.05, 0) is 56.5 Å². The summed E-state index contributed by atoms with van der Waals surface area (Å²) >= 11 is 3.58. The molecule has 0 radical (unpaired) electrons. The van der Waals surface area contributed by atoms with Gasteiger partial charge in [0.15, 0.2) is 5.96 Å². The summed E-state index contributed by atoms with van der Waals surface area (Å²) in [5.74, 6) is 0.854. The number of aromatic nitrogens is 1. The van der Waals surface area contributed by atoms with E-state index in [0.717, 1.165) is 34.9 Å². The van der Waals surface area contributed by atoms with Crippen molar-refractivity contribution in [2.45, 2.75) is 38.6 Å². The van der Waals surface area contributed by atoms with Crippen molar-refractivity contribution in [3.63, 3.8) is 0 Å². The third-order valence-electron chi connectivity index (χ3n) is 4.57. The van der Waals surface area contributed by atoms with Crippen LogP contribution in [0, 0.1) is 6.92 Å². The second-order valence-electron chi connectivity index (χ2n) is 6.61. The average Bonchev–Trinajstić information content (AvgIpc) is 3.39. The Morgan fingerprint density at radius 1 is 1.20 bits per heavy atom. The molecule has 0 amide bonds. The van der Waals surface area contributed by atoms with Crippen LogP contribution >= 0.6 is 15.9 Å². The lowest BCUT2D eigenvalue weighted by atomic mass is 9.96. The lowest BCUT2D eigenvalue weighted by molar-refractivity contribution is 0.645. The molecule has 4 nitrogen and oxygen atoms in total. The lowest BCUT2D eigenvalue weighted by Crippen LogP contribution is -2.41. The van der Waals surface area contributed by atoms with Gasteiger partial charge in [-0.25, -0.2) is 4.99 Å². The third kappa shape index (κ3) is 4.82. The first-order valence-electron chi connectivity index (χ1n) is 8.82. The van der Waals surface area contributed by atoms with Crippen molar-refractivity contribution < 1.29 is 0 Å². The summed E-state index contributed by atoms with van der Waals surface area (Å²) in [5.41, 5.74) is 3.65. The molecule has 0 bridgehead atoms. The lowest BCUT2D eigenvalue weighted by Gasteiger charge is -2.19. The highest BCUT2D eigenvalue weighted by atomic mass is 79.9. The molecule has 0 atom stereocenters. The summed E-state index contributed by atoms with van der Waals surface area (Å²) in [7, 11) is 0. The van der Waals surface area contributed by atoms with Crippen LogP contribution in [0.15, 0.2) is 51.9 Å². The predicted octanol–water partition coefficient (Wildman–Crippen LogP) is 3.94. The van der Waals surface area contributed by atoms with E-state index in [9.17, 15) is 0 Å². The number of nitrogens with zero attached hydrogens (tertiary/aromatic N) is 2. The van der Waals surface area contributed by atoms with E-state index in [1.807, 2.05) is 25.1 Å². The van der Waals surface area contributed by atoms with Crippen molar-refractivity contribution in [3.8, 4) is 0 Å². The first-order chi connectivity index (χ1) is 12.1. The molecule has 1 aliphatic rings. The van der Waals surface area contributed by atoms with Gasteiger partial charge in [0.2, 0.25) is 0 Å². The highest BCUT2D eigenvalue weighted by Crippen LogP contribution is 2.48. The molecule has 2 N–H and O–H groups in total. The van der Waals surface area contributed by atoms with Gasteiger partial charge in [0.1, 0.15) is 0 Å². The molecule has 1 heterocycles. The summed E-state index contributed by atoms with van der Waals surface area (Å²) in [6, 6.07) is 14.7. The highest BCUT2D eigenvalue weighted by molar-refractivity contribution is 9.10. The summed E-state index contributed by atoms with van der Waals surface area (Å²) < 4.78 is 1.14. The summed E-state index contributed by atoms with van der Waals surface area (Å²) in [6.45, 7) is 6.42. The number of hydrogen-bond acceptors (Lipinski definition) is 2. The van der Waals surface area contributed by atoms with E-state index in [-0.39, 0.29) is 5.41 Å². The molecular weight excluding hydrogens is 376 g/mol. The van der Waals surface area contributed by atoms with Crippen molar-refractivity contribution >= 4 is 21.9 Å². The summed E-state index contributed by atoms with van der Waals surface area (Å²) in [6.07, 6.45) is 2.44. The van der Waals surface area contributed by atoms with Gasteiger partial charge in [-0.1, -0.05) is 34.1 Å². The van der Waals surface area contributed by atoms with Gasteiger partial charge in [-0.2, -0.15) is 0 Å². The Bertz CT molecular complexity index is 753. The summed E-state index contributed by atoms with van der Waals surface area (Å²) in [5, 5.41) is 6.85. The minimum atomic E-state index is 0.238. The molecule has 25 heavy (non-hydrogen) atoms. The number of hydrogen-bond donors (Lipinski definition) is 2. The van der Waals surface area contributed by atoms with Crippen LogP contribution in [0.4, 0.5) is 0 Å². The molecular formula is C20H25BrN4. The minimum absolute atomic E-state index is 0.238. The molecule has 2 aromatic rings. The predicted molar refractivity (Wildman–Crippen MR) is 107 cm³/mol. The Morgan fingerprint density at radius 2 is 2.00 bits per heavy atom. The quantitative estimate of drug-likeness (QED) is 0.570. The number of aliphatic imine (C=N–C) groups is 1. The van der Waals surface area contributed by atoms with Gasteiger partial charge >= 0.3 is 0 Å². The molecule has 0 saturated heterocycles. The fourth-order valence-corrected chi connectivity index (χ4v) is 3.38. The van der Waals surface area contributed by atoms with E-state index in [0.29, 0.717) is 6.54 Å². The number of pyridine rings is 1. The van der Waals surface area contributed by atoms with Crippen molar-refractivity contribution in [1.82, 2.24) is 15.6 Å². The maximum absolute atomic E-state index is 4.69. The SMILES string of the molecule is CCNC(=NCc1cccc(C)n1)NCC1(c2cccc(Br)c2)CC1. The van der Waals surface area contributed by atoms with Crippen molar-refractivity contribution in [3.05, 3.63) is 63.9 Å². The zero-order chi connectivity index (χ0) is 17.7. The Balaban J connectivity index is 1.65. The smallest absolute Gasteiger partial charge is 0.191 e. The minimum Gasteiger partial charge on any atom is -0.357 e. The maximum atomic E-state index is 4.69. The van der Waals surface area contributed by atoms with Crippen LogP contribution in [0.1, 0.15) is 36.7 Å². The molecule has 0 unspecified atom stereocenters. The molecule has 1 saturated carbocycles. The van der Waals surface area contributed by atoms with Gasteiger partial charge in [0.05, 0.1) is 12.2 Å². The second-order valence-corrected chi connectivity index (χ2v) is 7.53. The molecule has 0 spiro atoms. The topological polar surface area (TPSA) is 49.3 Å². The van der Waals surface area contributed by atoms with E-state index in [1.54, 1.807) is 0 Å². The average molecular weight is 401 g/mol. The summed E-state index contributed by atoms with van der Waals surface area (Å²) in [4.78, 5) is 9.21. The number of guanidine groups is 1. The fourth-order valence-electron chi connectivity index (χ4n) is 2.98. The molecule has 1 aliphatic carbocycles. The van der Waals surface area contributed by atoms with E-state index in [1.165, 1.54) is 18.4 Å². The molecule has 5 heteroatoms. The Hall–Kier alpha value is -1.88. The van der Waals surface area contributed by atoms with Crippen LogP contribution in [-0.2, 0) is 12.0 Å². The number of rotatable bonds is 6. The van der Waals surface area contributed by atoms with Gasteiger partial charge in [0.25, 0.3) is 0 Å². The maximum Gasteiger partial charge on any atom is 0.191 e. The van der Waals surface area contributed by atoms with E-state index in [4.69, 9.17) is 0 Å². The fraction of sp³-hybridized carbons (Fsp3) is 0.400. The Morgan fingerprint density at radius 3 is 2.68 bits per heavy atom. The molecule has 1 aromatic heterocycles. The number of halogens is 1. The molecule has 1 fully saturated rings. The van der Waals surface area contributed by atoms with E-state index in [2.05, 4.69) is 67.7 Å². The van der Waals surface area contributed by atoms with Crippen LogP contribution in [-0.4, -0.2) is 24.0 Å². The van der Waals surface area contributed by atoms with Gasteiger partial charge in [-0.15, -0.1) is 0 Å². The Labute approximate surface area is 158 Å². The zero-order valence-electron chi connectivity index (χ0n) is 14.8. The second kappa shape index (κ2) is 8.00. The standard InChI is InChI=1S/C20H25BrN4/c1-3-22-19(23-13-18-9-4-6-15(2)25-18)24-14-20(10-11-20)16-7-5-8-17(21)12-16/h4-9,12H,3,10-11,13-14H2,1-2H3,(H2,22,23,24). The van der Waals surface area contributed by atoms with Crippen LogP contribution in [0.2, 0.25) is 0 Å². The number of benzene rings is 1. The molecule has 0 aliphatic heterocycles. The van der Waals surface area contributed by atoms with Crippen molar-refractivity contribution in [1.29, 1.82) is 0 Å². The largest absolute Gasteiger partial charge is 0.357 e. The van der Waals surface area contributed by atoms with Crippen molar-refractivity contribution in [2.75, 3.05) is 13.1 Å². The third-order valence-corrected chi connectivity index (χ3v) is 5.07. The van der Waals surface area contributed by atoms with E-state index >= 15 is 0 Å². The van der Waals surface area contributed by atoms with Gasteiger partial charge in [-0.3, -0.25) is 4.98 Å². The zero-order valence-corrected chi connectivity index (χ0v) is 16.4. The first kappa shape index (κ1) is 17.9. The molecule has 1 aromatic carbocycles. The molecule has 132 valence electrons. The van der Waals surface area contributed by atoms with Crippen LogP contribution in [0.25, 0.3) is 0 Å². The highest BCUT2D eigenvalue weighted by Gasteiger charge is 2.44. The van der Waals surface area contributed by atoms with Gasteiger partial charge in [0, 0.05) is 28.7 Å². The normalized spacial score (nSPS) is 15.7. The van der Waals surface area contributed by atoms with Crippen LogP contribution < -0.4 is 10.6 Å². The number of aryl methyl sites for hydroxylation is 1. The monoisotopic (exact) mass is 400 g/mol. The van der Waals surface area contributed by atoms with E-state index < -0.39 is 0 Å².